The lowest BCUT2D eigenvalue weighted by Crippen LogP contribution is -2.65. The van der Waals surface area contributed by atoms with Gasteiger partial charge in [0.15, 0.2) is 5.11 Å². The molecule has 1 saturated heterocycles. The van der Waals surface area contributed by atoms with E-state index in [1.165, 1.54) is 30.3 Å². The first-order valence-electron chi connectivity index (χ1n) is 10.5. The molecule has 2 fully saturated rings. The van der Waals surface area contributed by atoms with Crippen LogP contribution in [-0.4, -0.2) is 34.5 Å². The smallest absolute Gasteiger partial charge is 0.272 e. The number of aromatic nitrogens is 1. The van der Waals surface area contributed by atoms with Crippen LogP contribution < -0.4 is 15.1 Å². The molecule has 2 amide bonds. The standard InChI is InChI=1S/C24H20FN5O2S/c1-13-9-16(12-28-20(13)26-2)29-22(32)24(11-14-5-4-6-18(14)24)30(23(29)33)15-7-8-17(19(25)10-15)21(31)27-3/h4-5,7-10,12,14,18H,6,11H2,1,3H3,(H,27,31). The van der Waals surface area contributed by atoms with E-state index in [1.807, 2.05) is 0 Å². The molecule has 9 heteroatoms. The summed E-state index contributed by atoms with van der Waals surface area (Å²) >= 11 is 5.79. The lowest BCUT2D eigenvalue weighted by Gasteiger charge is -2.52. The number of carbonyl (C=O) groups is 2. The van der Waals surface area contributed by atoms with Gasteiger partial charge in [0.2, 0.25) is 0 Å². The molecule has 7 nitrogen and oxygen atoms in total. The van der Waals surface area contributed by atoms with Crippen LogP contribution in [0.5, 0.6) is 0 Å². The fourth-order valence-corrected chi connectivity index (χ4v) is 5.75. The molecule has 166 valence electrons. The van der Waals surface area contributed by atoms with Crippen molar-refractivity contribution in [2.24, 2.45) is 11.8 Å². The van der Waals surface area contributed by atoms with Crippen LogP contribution in [0.25, 0.3) is 4.85 Å². The van der Waals surface area contributed by atoms with E-state index in [9.17, 15) is 14.0 Å². The number of hydrogen-bond acceptors (Lipinski definition) is 4. The summed E-state index contributed by atoms with van der Waals surface area (Å²) in [5.41, 5.74) is 0.536. The average Bonchev–Trinajstić information content (AvgIpc) is 3.28. The van der Waals surface area contributed by atoms with Gasteiger partial charge in [0.25, 0.3) is 17.6 Å². The molecule has 1 aromatic carbocycles. The van der Waals surface area contributed by atoms with E-state index in [0.717, 1.165) is 6.42 Å². The summed E-state index contributed by atoms with van der Waals surface area (Å²) < 4.78 is 14.9. The second kappa shape index (κ2) is 7.46. The highest BCUT2D eigenvalue weighted by Gasteiger charge is 2.68. The molecule has 0 radical (unpaired) electrons. The van der Waals surface area contributed by atoms with Gasteiger partial charge in [-0.1, -0.05) is 18.7 Å². The molecule has 1 saturated carbocycles. The summed E-state index contributed by atoms with van der Waals surface area (Å²) in [6.07, 6.45) is 6.97. The van der Waals surface area contributed by atoms with E-state index < -0.39 is 17.3 Å². The second-order valence-electron chi connectivity index (χ2n) is 8.51. The van der Waals surface area contributed by atoms with E-state index in [2.05, 4.69) is 27.3 Å². The highest BCUT2D eigenvalue weighted by Crippen LogP contribution is 2.58. The maximum absolute atomic E-state index is 14.9. The number of nitrogens with zero attached hydrogens (tertiary/aromatic N) is 4. The van der Waals surface area contributed by atoms with Crippen molar-refractivity contribution in [2.45, 2.75) is 25.3 Å². The van der Waals surface area contributed by atoms with Crippen LogP contribution in [0, 0.1) is 31.1 Å². The predicted octanol–water partition coefficient (Wildman–Crippen LogP) is 3.91. The van der Waals surface area contributed by atoms with Gasteiger partial charge < -0.3 is 15.1 Å². The van der Waals surface area contributed by atoms with Crippen LogP contribution >= 0.6 is 12.2 Å². The monoisotopic (exact) mass is 461 g/mol. The summed E-state index contributed by atoms with van der Waals surface area (Å²) in [7, 11) is 1.44. The van der Waals surface area contributed by atoms with Crippen molar-refractivity contribution in [2.75, 3.05) is 16.8 Å². The highest BCUT2D eigenvalue weighted by atomic mass is 32.1. The van der Waals surface area contributed by atoms with Gasteiger partial charge in [0.05, 0.1) is 11.3 Å². The number of pyridine rings is 1. The molecule has 2 aromatic rings. The fraction of sp³-hybridized carbons (Fsp3) is 0.292. The first-order chi connectivity index (χ1) is 15.8. The molecule has 1 spiro atoms. The van der Waals surface area contributed by atoms with Crippen molar-refractivity contribution in [3.05, 3.63) is 71.0 Å². The number of fused-ring (bicyclic) bond motifs is 2. The van der Waals surface area contributed by atoms with E-state index in [4.69, 9.17) is 18.8 Å². The number of aryl methyl sites for hydroxylation is 1. The number of benzene rings is 1. The van der Waals surface area contributed by atoms with Gasteiger partial charge in [-0.3, -0.25) is 14.5 Å². The SMILES string of the molecule is [C-]#[N+]c1ncc(N2C(=O)C3(CC4C=CCC43)N(c3ccc(C(=O)NC)c(F)c3)C2=S)cc1C. The Bertz CT molecular complexity index is 1300. The number of allylic oxidation sites excluding steroid dienone is 2. The Morgan fingerprint density at radius 2 is 2.15 bits per heavy atom. The largest absolute Gasteiger partial charge is 0.360 e. The molecular formula is C24H20FN5O2S. The Labute approximate surface area is 195 Å². The summed E-state index contributed by atoms with van der Waals surface area (Å²) in [5, 5.41) is 2.65. The van der Waals surface area contributed by atoms with Crippen molar-refractivity contribution in [1.82, 2.24) is 10.3 Å². The maximum Gasteiger partial charge on any atom is 0.272 e. The minimum atomic E-state index is -0.932. The van der Waals surface area contributed by atoms with Crippen molar-refractivity contribution < 1.29 is 14.0 Å². The Balaban J connectivity index is 1.62. The third kappa shape index (κ3) is 2.84. The number of thiocarbonyl (C=S) groups is 1. The molecule has 1 N–H and O–H groups in total. The van der Waals surface area contributed by atoms with Crippen LogP contribution in [0.2, 0.25) is 0 Å². The van der Waals surface area contributed by atoms with Crippen LogP contribution in [0.15, 0.2) is 42.6 Å². The summed E-state index contributed by atoms with van der Waals surface area (Å²) in [6.45, 7) is 8.99. The number of carbonyl (C=O) groups excluding carboxylic acids is 2. The Morgan fingerprint density at radius 3 is 2.79 bits per heavy atom. The first-order valence-corrected chi connectivity index (χ1v) is 11.0. The third-order valence-electron chi connectivity index (χ3n) is 6.89. The van der Waals surface area contributed by atoms with Crippen molar-refractivity contribution in [3.63, 3.8) is 0 Å². The van der Waals surface area contributed by atoms with Gasteiger partial charge in [-0.05, 0) is 67.7 Å². The van der Waals surface area contributed by atoms with Crippen LogP contribution in [-0.2, 0) is 4.79 Å². The van der Waals surface area contributed by atoms with Crippen molar-refractivity contribution in [1.29, 1.82) is 0 Å². The first kappa shape index (κ1) is 21.2. The maximum atomic E-state index is 14.9. The number of halogens is 1. The Kier molecular flexibility index (Phi) is 4.79. The molecule has 0 bridgehead atoms. The molecular weight excluding hydrogens is 441 g/mol. The molecule has 3 atom stereocenters. The van der Waals surface area contributed by atoms with Gasteiger partial charge in [0.1, 0.15) is 17.6 Å². The number of rotatable bonds is 3. The number of amides is 2. The minimum Gasteiger partial charge on any atom is -0.360 e. The van der Waals surface area contributed by atoms with Crippen LogP contribution in [0.4, 0.5) is 21.6 Å². The minimum absolute atomic E-state index is 0.0196. The highest BCUT2D eigenvalue weighted by molar-refractivity contribution is 7.81. The normalized spacial score (nSPS) is 25.3. The molecule has 2 aliphatic carbocycles. The molecule has 33 heavy (non-hydrogen) atoms. The van der Waals surface area contributed by atoms with Gasteiger partial charge in [-0.25, -0.2) is 4.39 Å². The molecule has 1 aromatic heterocycles. The average molecular weight is 462 g/mol. The zero-order valence-electron chi connectivity index (χ0n) is 18.0. The lowest BCUT2D eigenvalue weighted by atomic mass is 9.59. The van der Waals surface area contributed by atoms with E-state index in [-0.39, 0.29) is 34.2 Å². The van der Waals surface area contributed by atoms with Crippen LogP contribution in [0.1, 0.15) is 28.8 Å². The fourth-order valence-electron chi connectivity index (χ4n) is 5.29. The van der Waals surface area contributed by atoms with Gasteiger partial charge >= 0.3 is 0 Å². The molecule has 5 rings (SSSR count). The van der Waals surface area contributed by atoms with Gasteiger partial charge in [0, 0.05) is 18.7 Å². The van der Waals surface area contributed by atoms with E-state index >= 15 is 0 Å². The van der Waals surface area contributed by atoms with Crippen molar-refractivity contribution in [3.8, 4) is 0 Å². The van der Waals surface area contributed by atoms with Crippen molar-refractivity contribution >= 4 is 46.3 Å². The zero-order valence-corrected chi connectivity index (χ0v) is 18.8. The lowest BCUT2D eigenvalue weighted by molar-refractivity contribution is -0.128. The van der Waals surface area contributed by atoms with Gasteiger partial charge in [-0.15, -0.1) is 4.98 Å². The topological polar surface area (TPSA) is 69.9 Å². The summed E-state index contributed by atoms with van der Waals surface area (Å²) in [4.78, 5) is 36.7. The Hall–Kier alpha value is -3.64. The van der Waals surface area contributed by atoms with E-state index in [1.54, 1.807) is 24.0 Å². The van der Waals surface area contributed by atoms with E-state index in [0.29, 0.717) is 23.4 Å². The molecule has 3 unspecified atom stereocenters. The molecule has 1 aliphatic heterocycles. The molecule has 3 aliphatic rings. The molecule has 2 heterocycles. The third-order valence-corrected chi connectivity index (χ3v) is 7.25. The summed E-state index contributed by atoms with van der Waals surface area (Å²) in [5.74, 6) is -0.844. The number of hydrogen-bond donors (Lipinski definition) is 1. The zero-order chi connectivity index (χ0) is 23.5. The Morgan fingerprint density at radius 1 is 1.36 bits per heavy atom. The van der Waals surface area contributed by atoms with Gasteiger partial charge in [-0.2, -0.15) is 0 Å². The van der Waals surface area contributed by atoms with Crippen LogP contribution in [0.3, 0.4) is 0 Å². The number of nitrogens with one attached hydrogen (secondary N) is 1. The summed E-state index contributed by atoms with van der Waals surface area (Å²) in [6, 6.07) is 6.02. The predicted molar refractivity (Wildman–Crippen MR) is 126 cm³/mol. The second-order valence-corrected chi connectivity index (χ2v) is 8.88. The number of anilines is 2. The quantitative estimate of drug-likeness (QED) is 0.426.